The van der Waals surface area contributed by atoms with Crippen LogP contribution in [0.1, 0.15) is 17.5 Å². The van der Waals surface area contributed by atoms with Crippen molar-refractivity contribution in [3.05, 3.63) is 108 Å². The highest BCUT2D eigenvalue weighted by atomic mass is 14.7. The van der Waals surface area contributed by atoms with Crippen LogP contribution < -0.4 is 11.5 Å². The van der Waals surface area contributed by atoms with Gasteiger partial charge in [0.05, 0.1) is 5.54 Å². The van der Waals surface area contributed by atoms with Crippen molar-refractivity contribution in [3.63, 3.8) is 0 Å². The van der Waals surface area contributed by atoms with E-state index >= 15 is 0 Å². The zero-order valence-electron chi connectivity index (χ0n) is 14.6. The number of hydrogen-bond acceptors (Lipinski definition) is 2. The molecule has 1 aliphatic rings. The molecule has 0 heterocycles. The number of hydrogen-bond donors (Lipinski definition) is 2. The Hall–Kier alpha value is -3.10. The zero-order chi connectivity index (χ0) is 18.0. The third kappa shape index (κ3) is 3.19. The molecule has 0 bridgehead atoms. The Bertz CT molecular complexity index is 951. The highest BCUT2D eigenvalue weighted by Crippen LogP contribution is 2.33. The minimum absolute atomic E-state index is 0.422. The van der Waals surface area contributed by atoms with Crippen LogP contribution in [0.3, 0.4) is 0 Å². The molecule has 1 unspecified atom stereocenters. The highest BCUT2D eigenvalue weighted by Gasteiger charge is 2.25. The standard InChI is InChI=1S/C24H22N2/c25-23-12-10-20(11-13-23)18-6-8-19(9-7-18)21-14-16-24(26,17-15-21)22-4-2-1-3-5-22/h1-16H,17,25-26H2. The van der Waals surface area contributed by atoms with Crippen LogP contribution in [0.25, 0.3) is 16.7 Å². The zero-order valence-corrected chi connectivity index (χ0v) is 14.6. The number of allylic oxidation sites excluding steroid dienone is 2. The van der Waals surface area contributed by atoms with Gasteiger partial charge in [0.25, 0.3) is 0 Å². The molecule has 0 fully saturated rings. The van der Waals surface area contributed by atoms with Gasteiger partial charge in [-0.1, -0.05) is 85.0 Å². The molecule has 0 aliphatic heterocycles. The molecule has 4 N–H and O–H groups in total. The first-order chi connectivity index (χ1) is 12.6. The van der Waals surface area contributed by atoms with Crippen molar-refractivity contribution >= 4 is 11.3 Å². The van der Waals surface area contributed by atoms with Gasteiger partial charge in [0.15, 0.2) is 0 Å². The lowest BCUT2D eigenvalue weighted by Crippen LogP contribution is -2.34. The van der Waals surface area contributed by atoms with Gasteiger partial charge >= 0.3 is 0 Å². The van der Waals surface area contributed by atoms with E-state index in [0.717, 1.165) is 17.7 Å². The van der Waals surface area contributed by atoms with Crippen LogP contribution in [0, 0.1) is 0 Å². The van der Waals surface area contributed by atoms with Crippen molar-refractivity contribution in [2.75, 3.05) is 5.73 Å². The van der Waals surface area contributed by atoms with Gasteiger partial charge in [-0.2, -0.15) is 0 Å². The van der Waals surface area contributed by atoms with Crippen LogP contribution in [0.5, 0.6) is 0 Å². The number of anilines is 1. The van der Waals surface area contributed by atoms with E-state index in [1.807, 2.05) is 42.5 Å². The summed E-state index contributed by atoms with van der Waals surface area (Å²) in [6.07, 6.45) is 7.27. The fourth-order valence-corrected chi connectivity index (χ4v) is 3.36. The lowest BCUT2D eigenvalue weighted by molar-refractivity contribution is 0.567. The molecule has 128 valence electrons. The van der Waals surface area contributed by atoms with Gasteiger partial charge in [-0.15, -0.1) is 0 Å². The monoisotopic (exact) mass is 338 g/mol. The van der Waals surface area contributed by atoms with Crippen molar-refractivity contribution in [3.8, 4) is 11.1 Å². The Balaban J connectivity index is 1.54. The van der Waals surface area contributed by atoms with Crippen LogP contribution in [-0.2, 0) is 5.54 Å². The molecule has 0 radical (unpaired) electrons. The van der Waals surface area contributed by atoms with Crippen molar-refractivity contribution in [2.24, 2.45) is 5.73 Å². The average Bonchev–Trinajstić information content (AvgIpc) is 2.70. The molecule has 4 rings (SSSR count). The fourth-order valence-electron chi connectivity index (χ4n) is 3.36. The Kier molecular flexibility index (Phi) is 4.19. The maximum atomic E-state index is 6.59. The molecule has 0 amide bonds. The predicted molar refractivity (Wildman–Crippen MR) is 110 cm³/mol. The fraction of sp³-hybridized carbons (Fsp3) is 0.0833. The van der Waals surface area contributed by atoms with Gasteiger partial charge in [-0.05, 0) is 46.4 Å². The van der Waals surface area contributed by atoms with Gasteiger partial charge in [-0.3, -0.25) is 0 Å². The molecule has 0 spiro atoms. The first kappa shape index (κ1) is 16.4. The Morgan fingerprint density at radius 1 is 0.692 bits per heavy atom. The second kappa shape index (κ2) is 6.66. The molecule has 3 aromatic carbocycles. The lowest BCUT2D eigenvalue weighted by Gasteiger charge is -2.28. The third-order valence-electron chi connectivity index (χ3n) is 4.99. The molecule has 0 saturated carbocycles. The summed E-state index contributed by atoms with van der Waals surface area (Å²) < 4.78 is 0. The SMILES string of the molecule is Nc1ccc(-c2ccc(C3=CCC(N)(c4ccccc4)C=C3)cc2)cc1. The maximum absolute atomic E-state index is 6.59. The van der Waals surface area contributed by atoms with E-state index in [2.05, 4.69) is 54.6 Å². The van der Waals surface area contributed by atoms with E-state index in [1.54, 1.807) is 0 Å². The molecule has 1 aliphatic carbocycles. The molecule has 2 nitrogen and oxygen atoms in total. The number of benzene rings is 3. The summed E-state index contributed by atoms with van der Waals surface area (Å²) in [5.41, 5.74) is 18.6. The topological polar surface area (TPSA) is 52.0 Å². The van der Waals surface area contributed by atoms with Crippen LogP contribution in [0.15, 0.2) is 97.1 Å². The third-order valence-corrected chi connectivity index (χ3v) is 4.99. The van der Waals surface area contributed by atoms with Crippen molar-refractivity contribution in [1.82, 2.24) is 0 Å². The van der Waals surface area contributed by atoms with Gasteiger partial charge in [0.1, 0.15) is 0 Å². The summed E-state index contributed by atoms with van der Waals surface area (Å²) in [6.45, 7) is 0. The summed E-state index contributed by atoms with van der Waals surface area (Å²) in [5.74, 6) is 0. The van der Waals surface area contributed by atoms with E-state index in [-0.39, 0.29) is 0 Å². The van der Waals surface area contributed by atoms with Crippen molar-refractivity contribution < 1.29 is 0 Å². The second-order valence-corrected chi connectivity index (χ2v) is 6.80. The van der Waals surface area contributed by atoms with E-state index < -0.39 is 5.54 Å². The quantitative estimate of drug-likeness (QED) is 0.650. The number of rotatable bonds is 3. The minimum Gasteiger partial charge on any atom is -0.399 e. The van der Waals surface area contributed by atoms with Gasteiger partial charge in [-0.25, -0.2) is 0 Å². The minimum atomic E-state index is -0.422. The van der Waals surface area contributed by atoms with E-state index in [1.165, 1.54) is 22.3 Å². The second-order valence-electron chi connectivity index (χ2n) is 6.80. The Morgan fingerprint density at radius 2 is 1.27 bits per heavy atom. The van der Waals surface area contributed by atoms with E-state index in [0.29, 0.717) is 0 Å². The average molecular weight is 338 g/mol. The van der Waals surface area contributed by atoms with Gasteiger partial charge in [0.2, 0.25) is 0 Å². The summed E-state index contributed by atoms with van der Waals surface area (Å²) in [5, 5.41) is 0. The molecule has 1 atom stereocenters. The molecule has 2 heteroatoms. The first-order valence-corrected chi connectivity index (χ1v) is 8.84. The first-order valence-electron chi connectivity index (χ1n) is 8.84. The van der Waals surface area contributed by atoms with Crippen molar-refractivity contribution in [1.29, 1.82) is 0 Å². The van der Waals surface area contributed by atoms with Crippen LogP contribution in [0.4, 0.5) is 5.69 Å². The summed E-state index contributed by atoms with van der Waals surface area (Å²) in [7, 11) is 0. The molecule has 26 heavy (non-hydrogen) atoms. The number of nitrogen functional groups attached to an aromatic ring is 1. The molecular formula is C24H22N2. The smallest absolute Gasteiger partial charge is 0.0633 e. The van der Waals surface area contributed by atoms with Crippen LogP contribution in [-0.4, -0.2) is 0 Å². The Labute approximate surface area is 154 Å². The van der Waals surface area contributed by atoms with Gasteiger partial charge < -0.3 is 11.5 Å². The predicted octanol–water partition coefficient (Wildman–Crippen LogP) is 5.13. The van der Waals surface area contributed by atoms with Crippen LogP contribution in [0.2, 0.25) is 0 Å². The normalized spacial score (nSPS) is 19.2. The summed E-state index contributed by atoms with van der Waals surface area (Å²) in [4.78, 5) is 0. The maximum Gasteiger partial charge on any atom is 0.0633 e. The van der Waals surface area contributed by atoms with Crippen LogP contribution >= 0.6 is 0 Å². The Morgan fingerprint density at radius 3 is 1.85 bits per heavy atom. The molecular weight excluding hydrogens is 316 g/mol. The largest absolute Gasteiger partial charge is 0.399 e. The molecule has 0 saturated heterocycles. The van der Waals surface area contributed by atoms with Gasteiger partial charge in [0, 0.05) is 5.69 Å². The summed E-state index contributed by atoms with van der Waals surface area (Å²) >= 11 is 0. The van der Waals surface area contributed by atoms with E-state index in [4.69, 9.17) is 11.5 Å². The molecule has 3 aromatic rings. The summed E-state index contributed by atoms with van der Waals surface area (Å²) in [6, 6.07) is 26.8. The lowest BCUT2D eigenvalue weighted by atomic mass is 9.82. The number of nitrogens with two attached hydrogens (primary N) is 2. The molecule has 0 aromatic heterocycles. The highest BCUT2D eigenvalue weighted by molar-refractivity contribution is 5.77. The van der Waals surface area contributed by atoms with Crippen molar-refractivity contribution in [2.45, 2.75) is 12.0 Å². The van der Waals surface area contributed by atoms with E-state index in [9.17, 15) is 0 Å².